The number of aliphatic imine (C=N–C) groups is 1. The van der Waals surface area contributed by atoms with Gasteiger partial charge in [0.15, 0.2) is 11.8 Å². The molecule has 7 heteroatoms. The highest BCUT2D eigenvalue weighted by Crippen LogP contribution is 2.17. The Hall–Kier alpha value is -0.860. The SMILES string of the molecule is CCCCCC(C)NC(=NCc1nnc(C)n1C)NC1CCCCC1.I. The van der Waals surface area contributed by atoms with Crippen molar-refractivity contribution >= 4 is 29.9 Å². The largest absolute Gasteiger partial charge is 0.354 e. The lowest BCUT2D eigenvalue weighted by atomic mass is 9.96. The van der Waals surface area contributed by atoms with Gasteiger partial charge in [-0.25, -0.2) is 4.99 Å². The Morgan fingerprint density at radius 3 is 2.58 bits per heavy atom. The molecule has 1 saturated carbocycles. The van der Waals surface area contributed by atoms with E-state index in [1.54, 1.807) is 0 Å². The van der Waals surface area contributed by atoms with Crippen LogP contribution in [0.15, 0.2) is 4.99 Å². The van der Waals surface area contributed by atoms with E-state index in [9.17, 15) is 0 Å². The Morgan fingerprint density at radius 2 is 1.96 bits per heavy atom. The molecule has 1 fully saturated rings. The van der Waals surface area contributed by atoms with Gasteiger partial charge in [-0.3, -0.25) is 0 Å². The Morgan fingerprint density at radius 1 is 1.23 bits per heavy atom. The highest BCUT2D eigenvalue weighted by Gasteiger charge is 2.16. The number of rotatable bonds is 8. The summed E-state index contributed by atoms with van der Waals surface area (Å²) in [6.45, 7) is 7.02. The summed E-state index contributed by atoms with van der Waals surface area (Å²) in [6.07, 6.45) is 11.5. The van der Waals surface area contributed by atoms with Crippen molar-refractivity contribution in [1.82, 2.24) is 25.4 Å². The van der Waals surface area contributed by atoms with Gasteiger partial charge in [0.1, 0.15) is 12.4 Å². The summed E-state index contributed by atoms with van der Waals surface area (Å²) in [7, 11) is 2.00. The second kappa shape index (κ2) is 12.5. The first kappa shape index (κ1) is 23.2. The number of aryl methyl sites for hydroxylation is 1. The molecule has 0 aromatic carbocycles. The highest BCUT2D eigenvalue weighted by molar-refractivity contribution is 14.0. The van der Waals surface area contributed by atoms with Gasteiger partial charge in [-0.2, -0.15) is 0 Å². The van der Waals surface area contributed by atoms with E-state index in [0.717, 1.165) is 17.6 Å². The van der Waals surface area contributed by atoms with Crippen molar-refractivity contribution in [1.29, 1.82) is 0 Å². The standard InChI is InChI=1S/C19H36N6.HI/c1-5-6-8-11-15(2)21-19(22-17-12-9-7-10-13-17)20-14-18-24-23-16(3)25(18)4;/h15,17H,5-14H2,1-4H3,(H2,20,21,22);1H. The molecule has 0 amide bonds. The third-order valence-corrected chi connectivity index (χ3v) is 5.13. The zero-order valence-electron chi connectivity index (χ0n) is 16.9. The smallest absolute Gasteiger partial charge is 0.192 e. The van der Waals surface area contributed by atoms with Crippen LogP contribution < -0.4 is 10.6 Å². The Bertz CT molecular complexity index is 536. The molecule has 0 bridgehead atoms. The van der Waals surface area contributed by atoms with Crippen molar-refractivity contribution in [3.05, 3.63) is 11.6 Å². The lowest BCUT2D eigenvalue weighted by Crippen LogP contribution is -2.47. The van der Waals surface area contributed by atoms with Crippen molar-refractivity contribution in [2.45, 2.75) is 97.2 Å². The third-order valence-electron chi connectivity index (χ3n) is 5.13. The van der Waals surface area contributed by atoms with Gasteiger partial charge in [0.25, 0.3) is 0 Å². The molecule has 26 heavy (non-hydrogen) atoms. The molecular formula is C19H37IN6. The van der Waals surface area contributed by atoms with Crippen molar-refractivity contribution in [2.24, 2.45) is 12.0 Å². The minimum atomic E-state index is 0. The fourth-order valence-corrected chi connectivity index (χ4v) is 3.32. The molecule has 1 aliphatic rings. The molecule has 1 heterocycles. The average Bonchev–Trinajstić information content (AvgIpc) is 2.93. The van der Waals surface area contributed by atoms with Crippen LogP contribution in [0.3, 0.4) is 0 Å². The molecule has 1 aromatic rings. The van der Waals surface area contributed by atoms with Gasteiger partial charge in [-0.1, -0.05) is 45.4 Å². The van der Waals surface area contributed by atoms with Crippen LogP contribution in [-0.2, 0) is 13.6 Å². The Kier molecular flexibility index (Phi) is 11.2. The van der Waals surface area contributed by atoms with Gasteiger partial charge in [-0.05, 0) is 33.1 Å². The molecule has 1 atom stereocenters. The molecule has 2 rings (SSSR count). The zero-order chi connectivity index (χ0) is 18.1. The van der Waals surface area contributed by atoms with Gasteiger partial charge in [0, 0.05) is 19.1 Å². The lowest BCUT2D eigenvalue weighted by Gasteiger charge is -2.26. The summed E-state index contributed by atoms with van der Waals surface area (Å²) in [4.78, 5) is 4.80. The summed E-state index contributed by atoms with van der Waals surface area (Å²) in [5.74, 6) is 2.75. The summed E-state index contributed by atoms with van der Waals surface area (Å²) >= 11 is 0. The zero-order valence-corrected chi connectivity index (χ0v) is 19.3. The average molecular weight is 476 g/mol. The van der Waals surface area contributed by atoms with Crippen LogP contribution in [0, 0.1) is 6.92 Å². The maximum absolute atomic E-state index is 4.80. The van der Waals surface area contributed by atoms with Crippen molar-refractivity contribution < 1.29 is 0 Å². The van der Waals surface area contributed by atoms with Crippen LogP contribution in [0.5, 0.6) is 0 Å². The van der Waals surface area contributed by atoms with Gasteiger partial charge in [0.2, 0.25) is 0 Å². The van der Waals surface area contributed by atoms with Crippen LogP contribution in [0.25, 0.3) is 0 Å². The number of hydrogen-bond donors (Lipinski definition) is 2. The van der Waals surface area contributed by atoms with Crippen LogP contribution >= 0.6 is 24.0 Å². The van der Waals surface area contributed by atoms with Crippen molar-refractivity contribution in [3.8, 4) is 0 Å². The van der Waals surface area contributed by atoms with Crippen molar-refractivity contribution in [2.75, 3.05) is 0 Å². The van der Waals surface area contributed by atoms with E-state index in [2.05, 4.69) is 34.7 Å². The molecular weight excluding hydrogens is 439 g/mol. The number of nitrogens with zero attached hydrogens (tertiary/aromatic N) is 4. The highest BCUT2D eigenvalue weighted by atomic mass is 127. The molecule has 0 spiro atoms. The molecule has 1 aliphatic carbocycles. The predicted molar refractivity (Wildman–Crippen MR) is 119 cm³/mol. The molecule has 0 saturated heterocycles. The first-order valence-electron chi connectivity index (χ1n) is 10.0. The summed E-state index contributed by atoms with van der Waals surface area (Å²) in [5, 5.41) is 15.6. The maximum atomic E-state index is 4.80. The lowest BCUT2D eigenvalue weighted by molar-refractivity contribution is 0.407. The van der Waals surface area contributed by atoms with E-state index in [0.29, 0.717) is 18.6 Å². The number of guanidine groups is 1. The van der Waals surface area contributed by atoms with Crippen LogP contribution in [0.4, 0.5) is 0 Å². The van der Waals surface area contributed by atoms with Gasteiger partial charge in [0.05, 0.1) is 0 Å². The van der Waals surface area contributed by atoms with Gasteiger partial charge >= 0.3 is 0 Å². The van der Waals surface area contributed by atoms with Gasteiger partial charge < -0.3 is 15.2 Å². The molecule has 6 nitrogen and oxygen atoms in total. The molecule has 150 valence electrons. The third kappa shape index (κ3) is 7.80. The molecule has 1 unspecified atom stereocenters. The van der Waals surface area contributed by atoms with E-state index >= 15 is 0 Å². The van der Waals surface area contributed by atoms with Gasteiger partial charge in [-0.15, -0.1) is 34.2 Å². The topological polar surface area (TPSA) is 67.1 Å². The molecule has 0 radical (unpaired) electrons. The molecule has 1 aromatic heterocycles. The number of aromatic nitrogens is 3. The summed E-state index contributed by atoms with van der Waals surface area (Å²) < 4.78 is 2.01. The monoisotopic (exact) mass is 476 g/mol. The number of unbranched alkanes of at least 4 members (excludes halogenated alkanes) is 2. The predicted octanol–water partition coefficient (Wildman–Crippen LogP) is 4.08. The van der Waals surface area contributed by atoms with Crippen molar-refractivity contribution in [3.63, 3.8) is 0 Å². The van der Waals surface area contributed by atoms with E-state index in [-0.39, 0.29) is 24.0 Å². The van der Waals surface area contributed by atoms with E-state index in [4.69, 9.17) is 4.99 Å². The van der Waals surface area contributed by atoms with E-state index in [1.165, 1.54) is 57.8 Å². The minimum Gasteiger partial charge on any atom is -0.354 e. The number of halogens is 1. The van der Waals surface area contributed by atoms with Crippen LogP contribution in [0.2, 0.25) is 0 Å². The first-order chi connectivity index (χ1) is 12.1. The second-order valence-corrected chi connectivity index (χ2v) is 7.41. The summed E-state index contributed by atoms with van der Waals surface area (Å²) in [6, 6.07) is 0.978. The number of hydrogen-bond acceptors (Lipinski definition) is 3. The Balaban J connectivity index is 0.00000338. The minimum absolute atomic E-state index is 0. The normalized spacial score (nSPS) is 16.8. The van der Waals surface area contributed by atoms with Crippen LogP contribution in [0.1, 0.15) is 83.3 Å². The first-order valence-corrected chi connectivity index (χ1v) is 10.0. The molecule has 0 aliphatic heterocycles. The Labute approximate surface area is 176 Å². The fourth-order valence-electron chi connectivity index (χ4n) is 3.32. The fraction of sp³-hybridized carbons (Fsp3) is 0.842. The van der Waals surface area contributed by atoms with E-state index < -0.39 is 0 Å². The number of nitrogens with one attached hydrogen (secondary N) is 2. The quantitative estimate of drug-likeness (QED) is 0.257. The van der Waals surface area contributed by atoms with E-state index in [1.807, 2.05) is 18.5 Å². The second-order valence-electron chi connectivity index (χ2n) is 7.41. The summed E-state index contributed by atoms with van der Waals surface area (Å²) in [5.41, 5.74) is 0. The van der Waals surface area contributed by atoms with Crippen LogP contribution in [-0.4, -0.2) is 32.8 Å². The molecule has 2 N–H and O–H groups in total. The maximum Gasteiger partial charge on any atom is 0.192 e.